The Morgan fingerprint density at radius 2 is 1.97 bits per heavy atom. The average Bonchev–Trinajstić information content (AvgIpc) is 3.39. The molecule has 180 valence electrons. The molecule has 0 saturated carbocycles. The van der Waals surface area contributed by atoms with Gasteiger partial charge in [-0.05, 0) is 49.2 Å². The van der Waals surface area contributed by atoms with E-state index in [1.165, 1.54) is 36.1 Å². The van der Waals surface area contributed by atoms with Crippen molar-refractivity contribution >= 4 is 39.9 Å². The number of nitro groups is 1. The highest BCUT2D eigenvalue weighted by Gasteiger charge is 2.20. The maximum absolute atomic E-state index is 13.3. The van der Waals surface area contributed by atoms with Crippen molar-refractivity contribution in [3.05, 3.63) is 91.0 Å². The summed E-state index contributed by atoms with van der Waals surface area (Å²) in [4.78, 5) is 43.5. The number of benzene rings is 2. The van der Waals surface area contributed by atoms with Crippen LogP contribution in [0.3, 0.4) is 0 Å². The summed E-state index contributed by atoms with van der Waals surface area (Å²) in [5.41, 5.74) is 2.96. The number of nitrogens with zero attached hydrogens (tertiary/aromatic N) is 3. The smallest absolute Gasteiger partial charge is 0.311 e. The molecule has 2 aromatic carbocycles. The molecule has 10 nitrogen and oxygen atoms in total. The molecule has 2 aromatic heterocycles. The first-order chi connectivity index (χ1) is 16.8. The summed E-state index contributed by atoms with van der Waals surface area (Å²) in [6.45, 7) is 2.11. The Balaban J connectivity index is 1.64. The first-order valence-corrected chi connectivity index (χ1v) is 11.1. The number of non-ortho nitro benzene ring substituents is 1. The van der Waals surface area contributed by atoms with Crippen LogP contribution < -0.4 is 5.56 Å². The number of H-pyrrole nitrogens is 2. The predicted octanol–water partition coefficient (Wildman–Crippen LogP) is 3.98. The van der Waals surface area contributed by atoms with E-state index in [1.54, 1.807) is 6.92 Å². The Hall–Kier alpha value is -4.18. The molecule has 4 rings (SSSR count). The molecular weight excluding hydrogens is 474 g/mol. The maximum atomic E-state index is 13.3. The highest BCUT2D eigenvalue weighted by atomic mass is 35.5. The number of hydrogen-bond donors (Lipinski definition) is 2. The first kappa shape index (κ1) is 24.0. The molecule has 11 heteroatoms. The SMILES string of the molecule is COC(=O)Cc1[nH]n(-c2ccc([N+](=O)[O-])cc2)c(=O)c1C(C)=NCCc1c[nH]c2ccc(Cl)cc12. The number of nitrogens with one attached hydrogen (secondary N) is 2. The number of carbonyl (C=O) groups excluding carboxylic acids is 1. The minimum absolute atomic E-state index is 0.0975. The van der Waals surface area contributed by atoms with Crippen molar-refractivity contribution in [3.8, 4) is 5.69 Å². The summed E-state index contributed by atoms with van der Waals surface area (Å²) >= 11 is 6.12. The van der Waals surface area contributed by atoms with Crippen LogP contribution in [0.1, 0.15) is 23.7 Å². The molecule has 0 spiro atoms. The van der Waals surface area contributed by atoms with Gasteiger partial charge in [0.25, 0.3) is 11.2 Å². The molecule has 0 aliphatic heterocycles. The Bertz CT molecular complexity index is 1500. The van der Waals surface area contributed by atoms with Gasteiger partial charge in [0.2, 0.25) is 0 Å². The van der Waals surface area contributed by atoms with Crippen molar-refractivity contribution in [2.45, 2.75) is 19.8 Å². The van der Waals surface area contributed by atoms with Crippen molar-refractivity contribution in [2.75, 3.05) is 13.7 Å². The zero-order chi connectivity index (χ0) is 25.1. The second-order valence-corrected chi connectivity index (χ2v) is 8.29. The van der Waals surface area contributed by atoms with Crippen LogP contribution in [0.5, 0.6) is 0 Å². The third-order valence-electron chi connectivity index (χ3n) is 5.65. The minimum Gasteiger partial charge on any atom is -0.469 e. The summed E-state index contributed by atoms with van der Waals surface area (Å²) in [5.74, 6) is -0.521. The average molecular weight is 496 g/mol. The highest BCUT2D eigenvalue weighted by molar-refractivity contribution is 6.31. The van der Waals surface area contributed by atoms with E-state index >= 15 is 0 Å². The van der Waals surface area contributed by atoms with Gasteiger partial charge in [-0.15, -0.1) is 0 Å². The van der Waals surface area contributed by atoms with Gasteiger partial charge in [0.15, 0.2) is 0 Å². The number of nitro benzene ring substituents is 1. The number of methoxy groups -OCH3 is 1. The lowest BCUT2D eigenvalue weighted by atomic mass is 10.1. The van der Waals surface area contributed by atoms with E-state index in [-0.39, 0.29) is 17.7 Å². The van der Waals surface area contributed by atoms with Gasteiger partial charge in [0.05, 0.1) is 35.4 Å². The Morgan fingerprint density at radius 1 is 1.23 bits per heavy atom. The summed E-state index contributed by atoms with van der Waals surface area (Å²) in [7, 11) is 1.27. The molecule has 4 aromatic rings. The van der Waals surface area contributed by atoms with Gasteiger partial charge in [0, 0.05) is 46.5 Å². The van der Waals surface area contributed by atoms with E-state index < -0.39 is 16.5 Å². The van der Waals surface area contributed by atoms with E-state index in [0.717, 1.165) is 16.5 Å². The van der Waals surface area contributed by atoms with E-state index in [2.05, 4.69) is 15.1 Å². The molecule has 0 saturated heterocycles. The lowest BCUT2D eigenvalue weighted by Crippen LogP contribution is -2.20. The molecule has 0 radical (unpaired) electrons. The van der Waals surface area contributed by atoms with Crippen molar-refractivity contribution in [2.24, 2.45) is 4.99 Å². The molecule has 0 unspecified atom stereocenters. The maximum Gasteiger partial charge on any atom is 0.311 e. The molecule has 0 amide bonds. The minimum atomic E-state index is -0.521. The van der Waals surface area contributed by atoms with E-state index in [9.17, 15) is 19.7 Å². The summed E-state index contributed by atoms with van der Waals surface area (Å²) in [5, 5.41) is 15.5. The van der Waals surface area contributed by atoms with Crippen LogP contribution in [0.15, 0.2) is 58.4 Å². The standard InChI is InChI=1S/C24H22ClN5O5/c1-14(26-10-9-15-13-27-20-8-3-16(25)11-19(15)20)23-21(12-22(31)35-2)28-29(24(23)32)17-4-6-18(7-5-17)30(33)34/h3-8,11,13,27-28H,9-10,12H2,1-2H3. The number of aromatic amines is 2. The van der Waals surface area contributed by atoms with Crippen LogP contribution in [0.4, 0.5) is 5.69 Å². The Kier molecular flexibility index (Phi) is 6.83. The van der Waals surface area contributed by atoms with Crippen LogP contribution in [0, 0.1) is 10.1 Å². The molecule has 2 N–H and O–H groups in total. The number of aromatic nitrogens is 3. The second-order valence-electron chi connectivity index (χ2n) is 7.85. The Labute approximate surface area is 204 Å². The van der Waals surface area contributed by atoms with E-state index in [0.29, 0.717) is 35.1 Å². The van der Waals surface area contributed by atoms with E-state index in [4.69, 9.17) is 16.3 Å². The van der Waals surface area contributed by atoms with Crippen molar-refractivity contribution < 1.29 is 14.5 Å². The number of aliphatic imine (C=N–C) groups is 1. The molecule has 0 aliphatic carbocycles. The fraction of sp³-hybridized carbons (Fsp3) is 0.208. The fourth-order valence-electron chi connectivity index (χ4n) is 3.89. The van der Waals surface area contributed by atoms with Crippen LogP contribution in [-0.2, 0) is 22.4 Å². The van der Waals surface area contributed by atoms with Gasteiger partial charge in [-0.2, -0.15) is 0 Å². The number of fused-ring (bicyclic) bond motifs is 1. The molecule has 0 bridgehead atoms. The quantitative estimate of drug-likeness (QED) is 0.165. The highest BCUT2D eigenvalue weighted by Crippen LogP contribution is 2.23. The lowest BCUT2D eigenvalue weighted by Gasteiger charge is -2.02. The zero-order valence-electron chi connectivity index (χ0n) is 19.0. The molecule has 0 atom stereocenters. The monoisotopic (exact) mass is 495 g/mol. The van der Waals surface area contributed by atoms with Crippen molar-refractivity contribution in [3.63, 3.8) is 0 Å². The van der Waals surface area contributed by atoms with Crippen molar-refractivity contribution in [1.82, 2.24) is 14.8 Å². The Morgan fingerprint density at radius 3 is 2.66 bits per heavy atom. The number of hydrogen-bond acceptors (Lipinski definition) is 6. The third-order valence-corrected chi connectivity index (χ3v) is 5.89. The first-order valence-electron chi connectivity index (χ1n) is 10.7. The van der Waals surface area contributed by atoms with Gasteiger partial charge in [0.1, 0.15) is 0 Å². The molecule has 35 heavy (non-hydrogen) atoms. The largest absolute Gasteiger partial charge is 0.469 e. The summed E-state index contributed by atoms with van der Waals surface area (Å²) in [6.07, 6.45) is 2.37. The molecular formula is C24H22ClN5O5. The summed E-state index contributed by atoms with van der Waals surface area (Å²) < 4.78 is 6.00. The zero-order valence-corrected chi connectivity index (χ0v) is 19.8. The number of rotatable bonds is 8. The van der Waals surface area contributed by atoms with Gasteiger partial charge < -0.3 is 9.72 Å². The number of halogens is 1. The number of esters is 1. The third kappa shape index (κ3) is 5.02. The lowest BCUT2D eigenvalue weighted by molar-refractivity contribution is -0.384. The van der Waals surface area contributed by atoms with E-state index in [1.807, 2.05) is 24.4 Å². The number of carbonyl (C=O) groups is 1. The normalized spacial score (nSPS) is 11.7. The van der Waals surface area contributed by atoms with Crippen LogP contribution in [0.25, 0.3) is 16.6 Å². The molecule has 0 aliphatic rings. The van der Waals surface area contributed by atoms with Gasteiger partial charge in [-0.3, -0.25) is 29.8 Å². The van der Waals surface area contributed by atoms with Crippen LogP contribution >= 0.6 is 11.6 Å². The fourth-order valence-corrected chi connectivity index (χ4v) is 4.06. The topological polar surface area (TPSA) is 135 Å². The molecule has 2 heterocycles. The molecule has 0 fully saturated rings. The van der Waals surface area contributed by atoms with Gasteiger partial charge >= 0.3 is 5.97 Å². The predicted molar refractivity (Wildman–Crippen MR) is 133 cm³/mol. The van der Waals surface area contributed by atoms with Crippen LogP contribution in [0.2, 0.25) is 5.02 Å². The van der Waals surface area contributed by atoms with Crippen LogP contribution in [-0.4, -0.2) is 45.0 Å². The second kappa shape index (κ2) is 9.98. The van der Waals surface area contributed by atoms with Gasteiger partial charge in [-0.1, -0.05) is 11.6 Å². The van der Waals surface area contributed by atoms with Crippen molar-refractivity contribution in [1.29, 1.82) is 0 Å². The van der Waals surface area contributed by atoms with Gasteiger partial charge in [-0.25, -0.2) is 4.68 Å². The number of ether oxygens (including phenoxy) is 1. The summed E-state index contributed by atoms with van der Waals surface area (Å²) in [6, 6.07) is 11.1.